The first-order valence-corrected chi connectivity index (χ1v) is 9.66. The minimum absolute atomic E-state index is 0. The molecule has 5 nitrogen and oxygen atoms in total. The zero-order valence-electron chi connectivity index (χ0n) is 16.2. The number of benzene rings is 1. The number of rotatable bonds is 8. The number of guanidine groups is 1. The molecule has 3 N–H and O–H groups in total. The highest BCUT2D eigenvalue weighted by Crippen LogP contribution is 2.16. The van der Waals surface area contributed by atoms with Crippen molar-refractivity contribution >= 4 is 29.9 Å². The van der Waals surface area contributed by atoms with E-state index in [4.69, 9.17) is 0 Å². The maximum atomic E-state index is 10.2. The zero-order chi connectivity index (χ0) is 17.9. The lowest BCUT2D eigenvalue weighted by molar-refractivity contribution is 0.170. The molecule has 0 radical (unpaired) electrons. The van der Waals surface area contributed by atoms with Crippen molar-refractivity contribution in [1.29, 1.82) is 0 Å². The van der Waals surface area contributed by atoms with Gasteiger partial charge in [-0.05, 0) is 50.8 Å². The maximum Gasteiger partial charge on any atom is 0.191 e. The number of aliphatic hydroxyl groups is 1. The fraction of sp³-hybridized carbons (Fsp3) is 0.650. The molecule has 148 valence electrons. The van der Waals surface area contributed by atoms with Gasteiger partial charge in [-0.15, -0.1) is 24.0 Å². The molecule has 1 aliphatic rings. The highest BCUT2D eigenvalue weighted by molar-refractivity contribution is 14.0. The van der Waals surface area contributed by atoms with Gasteiger partial charge >= 0.3 is 0 Å². The second kappa shape index (κ2) is 13.3. The summed E-state index contributed by atoms with van der Waals surface area (Å²) < 4.78 is 0. The SMILES string of the molecule is CCNC(=NCCC(O)c1ccccc1)NCCN1CCC(C)CC1.I. The molecule has 1 saturated heterocycles. The molecule has 1 aromatic rings. The molecule has 1 atom stereocenters. The highest BCUT2D eigenvalue weighted by atomic mass is 127. The van der Waals surface area contributed by atoms with Gasteiger partial charge in [-0.25, -0.2) is 0 Å². The molecule has 1 aromatic carbocycles. The number of aliphatic hydroxyl groups excluding tert-OH is 1. The van der Waals surface area contributed by atoms with Gasteiger partial charge in [0.2, 0.25) is 0 Å². The number of hydrogen-bond donors (Lipinski definition) is 3. The summed E-state index contributed by atoms with van der Waals surface area (Å²) in [5.41, 5.74) is 0.954. The monoisotopic (exact) mass is 474 g/mol. The van der Waals surface area contributed by atoms with Crippen LogP contribution in [0.15, 0.2) is 35.3 Å². The van der Waals surface area contributed by atoms with Crippen molar-refractivity contribution < 1.29 is 5.11 Å². The zero-order valence-corrected chi connectivity index (χ0v) is 18.5. The van der Waals surface area contributed by atoms with E-state index in [-0.39, 0.29) is 24.0 Å². The number of halogens is 1. The van der Waals surface area contributed by atoms with Crippen molar-refractivity contribution in [2.24, 2.45) is 10.9 Å². The summed E-state index contributed by atoms with van der Waals surface area (Å²) in [7, 11) is 0. The van der Waals surface area contributed by atoms with Crippen LogP contribution in [0.4, 0.5) is 0 Å². The number of piperidine rings is 1. The van der Waals surface area contributed by atoms with Gasteiger partial charge in [0.25, 0.3) is 0 Å². The van der Waals surface area contributed by atoms with E-state index < -0.39 is 6.10 Å². The summed E-state index contributed by atoms with van der Waals surface area (Å²) in [5.74, 6) is 1.72. The Morgan fingerprint density at radius 3 is 2.58 bits per heavy atom. The van der Waals surface area contributed by atoms with Gasteiger partial charge in [0.05, 0.1) is 6.10 Å². The molecule has 6 heteroatoms. The Labute approximate surface area is 175 Å². The van der Waals surface area contributed by atoms with Gasteiger partial charge < -0.3 is 20.6 Å². The van der Waals surface area contributed by atoms with Crippen LogP contribution in [0.2, 0.25) is 0 Å². The van der Waals surface area contributed by atoms with E-state index in [1.807, 2.05) is 30.3 Å². The van der Waals surface area contributed by atoms with Crippen LogP contribution in [0, 0.1) is 5.92 Å². The number of hydrogen-bond acceptors (Lipinski definition) is 3. The van der Waals surface area contributed by atoms with E-state index in [1.165, 1.54) is 25.9 Å². The minimum atomic E-state index is -0.455. The number of aliphatic imine (C=N–C) groups is 1. The van der Waals surface area contributed by atoms with Gasteiger partial charge in [0, 0.05) is 26.2 Å². The third-order valence-electron chi connectivity index (χ3n) is 4.80. The van der Waals surface area contributed by atoms with E-state index in [9.17, 15) is 5.11 Å². The molecule has 1 fully saturated rings. The third kappa shape index (κ3) is 8.68. The molecule has 0 aliphatic carbocycles. The Balaban J connectivity index is 0.00000338. The number of nitrogens with zero attached hydrogens (tertiary/aromatic N) is 2. The van der Waals surface area contributed by atoms with Crippen LogP contribution in [-0.4, -0.2) is 55.2 Å². The van der Waals surface area contributed by atoms with Gasteiger partial charge in [-0.1, -0.05) is 37.3 Å². The molecule has 26 heavy (non-hydrogen) atoms. The lowest BCUT2D eigenvalue weighted by Gasteiger charge is -2.30. The van der Waals surface area contributed by atoms with E-state index in [0.717, 1.165) is 37.1 Å². The first-order valence-electron chi connectivity index (χ1n) is 9.66. The average molecular weight is 474 g/mol. The standard InChI is InChI=1S/C20H34N4O.HI/c1-3-21-20(23-13-16-24-14-10-17(2)11-15-24)22-12-9-19(25)18-7-5-4-6-8-18;/h4-8,17,19,25H,3,9-16H2,1-2H3,(H2,21,22,23);1H. The van der Waals surface area contributed by atoms with Crippen molar-refractivity contribution in [3.8, 4) is 0 Å². The topological polar surface area (TPSA) is 59.9 Å². The highest BCUT2D eigenvalue weighted by Gasteiger charge is 2.15. The van der Waals surface area contributed by atoms with Crippen molar-refractivity contribution in [2.75, 3.05) is 39.3 Å². The Bertz CT molecular complexity index is 504. The Morgan fingerprint density at radius 2 is 1.92 bits per heavy atom. The molecular weight excluding hydrogens is 439 g/mol. The van der Waals surface area contributed by atoms with Crippen molar-refractivity contribution in [1.82, 2.24) is 15.5 Å². The lowest BCUT2D eigenvalue weighted by Crippen LogP contribution is -2.43. The smallest absolute Gasteiger partial charge is 0.191 e. The van der Waals surface area contributed by atoms with Crippen LogP contribution in [0.3, 0.4) is 0 Å². The molecule has 0 amide bonds. The Hall–Kier alpha value is -0.860. The molecule has 1 heterocycles. The van der Waals surface area contributed by atoms with Gasteiger partial charge in [-0.3, -0.25) is 4.99 Å². The first kappa shape index (κ1) is 23.2. The largest absolute Gasteiger partial charge is 0.388 e. The maximum absolute atomic E-state index is 10.2. The number of nitrogens with one attached hydrogen (secondary N) is 2. The summed E-state index contributed by atoms with van der Waals surface area (Å²) in [5, 5.41) is 16.9. The van der Waals surface area contributed by atoms with Gasteiger partial charge in [0.15, 0.2) is 5.96 Å². The number of likely N-dealkylation sites (tertiary alicyclic amines) is 1. The van der Waals surface area contributed by atoms with Gasteiger partial charge in [-0.2, -0.15) is 0 Å². The van der Waals surface area contributed by atoms with Crippen molar-refractivity contribution in [3.63, 3.8) is 0 Å². The molecular formula is C20H35IN4O. The summed E-state index contributed by atoms with van der Waals surface area (Å²) in [6.07, 6.45) is 2.80. The van der Waals surface area contributed by atoms with Crippen LogP contribution < -0.4 is 10.6 Å². The van der Waals surface area contributed by atoms with Crippen LogP contribution in [0.1, 0.15) is 44.8 Å². The fourth-order valence-corrected chi connectivity index (χ4v) is 3.10. The molecule has 1 unspecified atom stereocenters. The predicted molar refractivity (Wildman–Crippen MR) is 120 cm³/mol. The Kier molecular flexibility index (Phi) is 11.9. The van der Waals surface area contributed by atoms with Gasteiger partial charge in [0.1, 0.15) is 0 Å². The van der Waals surface area contributed by atoms with Crippen LogP contribution >= 0.6 is 24.0 Å². The summed E-state index contributed by atoms with van der Waals surface area (Å²) in [6, 6.07) is 9.78. The molecule has 2 rings (SSSR count). The van der Waals surface area contributed by atoms with Crippen LogP contribution in [0.5, 0.6) is 0 Å². The second-order valence-corrected chi connectivity index (χ2v) is 6.93. The van der Waals surface area contributed by atoms with E-state index >= 15 is 0 Å². The first-order chi connectivity index (χ1) is 12.2. The van der Waals surface area contributed by atoms with E-state index in [2.05, 4.69) is 34.4 Å². The summed E-state index contributed by atoms with van der Waals surface area (Å²) in [6.45, 7) is 10.2. The predicted octanol–water partition coefficient (Wildman–Crippen LogP) is 3.02. The fourth-order valence-electron chi connectivity index (χ4n) is 3.10. The lowest BCUT2D eigenvalue weighted by atomic mass is 9.99. The van der Waals surface area contributed by atoms with E-state index in [1.54, 1.807) is 0 Å². The third-order valence-corrected chi connectivity index (χ3v) is 4.80. The summed E-state index contributed by atoms with van der Waals surface area (Å²) >= 11 is 0. The molecule has 1 aliphatic heterocycles. The minimum Gasteiger partial charge on any atom is -0.388 e. The van der Waals surface area contributed by atoms with Crippen LogP contribution in [-0.2, 0) is 0 Å². The van der Waals surface area contributed by atoms with Crippen molar-refractivity contribution in [3.05, 3.63) is 35.9 Å². The summed E-state index contributed by atoms with van der Waals surface area (Å²) in [4.78, 5) is 7.11. The quantitative estimate of drug-likeness (QED) is 0.308. The Morgan fingerprint density at radius 1 is 1.23 bits per heavy atom. The van der Waals surface area contributed by atoms with Crippen LogP contribution in [0.25, 0.3) is 0 Å². The van der Waals surface area contributed by atoms with E-state index in [0.29, 0.717) is 13.0 Å². The normalized spacial score (nSPS) is 17.4. The van der Waals surface area contributed by atoms with Crippen molar-refractivity contribution in [2.45, 2.75) is 39.2 Å². The molecule has 0 spiro atoms. The molecule has 0 saturated carbocycles. The average Bonchev–Trinajstić information content (AvgIpc) is 2.64. The second-order valence-electron chi connectivity index (χ2n) is 6.93. The molecule has 0 aromatic heterocycles. The molecule has 0 bridgehead atoms.